The van der Waals surface area contributed by atoms with Gasteiger partial charge in [0, 0.05) is 43.8 Å². The Kier molecular flexibility index (Phi) is 6.42. The number of benzene rings is 7. The van der Waals surface area contributed by atoms with Crippen LogP contribution in [0.1, 0.15) is 0 Å². The Morgan fingerprint density at radius 3 is 1.60 bits per heavy atom. The van der Waals surface area contributed by atoms with Crippen LogP contribution in [-0.4, -0.2) is 15.0 Å². The Bertz CT molecular complexity index is 2870. The Hall–Kier alpha value is -6.85. The lowest BCUT2D eigenvalue weighted by Gasteiger charge is -2.10. The largest absolute Gasteiger partial charge is 0.456 e. The van der Waals surface area contributed by atoms with Crippen LogP contribution in [0.15, 0.2) is 173 Å². The van der Waals surface area contributed by atoms with Crippen molar-refractivity contribution in [2.24, 2.45) is 0 Å². The van der Waals surface area contributed by atoms with Crippen LogP contribution in [0.3, 0.4) is 0 Å². The zero-order chi connectivity index (χ0) is 33.0. The van der Waals surface area contributed by atoms with Gasteiger partial charge in [-0.15, -0.1) is 0 Å². The first-order chi connectivity index (χ1) is 24.7. The van der Waals surface area contributed by atoms with Crippen LogP contribution in [-0.2, 0) is 0 Å². The number of aromatic nitrogens is 3. The van der Waals surface area contributed by atoms with E-state index in [0.717, 1.165) is 82.8 Å². The molecule has 0 spiro atoms. The molecule has 0 N–H and O–H groups in total. The average Bonchev–Trinajstić information content (AvgIpc) is 3.76. The maximum absolute atomic E-state index is 6.33. The summed E-state index contributed by atoms with van der Waals surface area (Å²) in [6, 6.07) is 55.8. The van der Waals surface area contributed by atoms with Crippen molar-refractivity contribution in [3.05, 3.63) is 164 Å². The smallest absolute Gasteiger partial charge is 0.164 e. The summed E-state index contributed by atoms with van der Waals surface area (Å²) in [5.74, 6) is 1.77. The van der Waals surface area contributed by atoms with Crippen LogP contribution in [0.4, 0.5) is 0 Å². The van der Waals surface area contributed by atoms with Gasteiger partial charge >= 0.3 is 0 Å². The molecule has 0 saturated heterocycles. The number of rotatable bonds is 5. The zero-order valence-corrected chi connectivity index (χ0v) is 26.7. The normalized spacial score (nSPS) is 11.6. The second kappa shape index (κ2) is 11.4. The summed E-state index contributed by atoms with van der Waals surface area (Å²) in [5, 5.41) is 4.36. The van der Waals surface area contributed by atoms with E-state index < -0.39 is 0 Å². The van der Waals surface area contributed by atoms with Crippen molar-refractivity contribution in [1.29, 1.82) is 0 Å². The van der Waals surface area contributed by atoms with Crippen molar-refractivity contribution < 1.29 is 8.83 Å². The number of para-hydroxylation sites is 3. The number of hydrogen-bond donors (Lipinski definition) is 0. The molecule has 3 aromatic heterocycles. The molecule has 10 rings (SSSR count). The summed E-state index contributed by atoms with van der Waals surface area (Å²) < 4.78 is 12.6. The van der Waals surface area contributed by atoms with E-state index >= 15 is 0 Å². The first kappa shape index (κ1) is 28.2. The van der Waals surface area contributed by atoms with Crippen LogP contribution < -0.4 is 0 Å². The number of nitrogens with zero attached hydrogens (tertiary/aromatic N) is 3. The Balaban J connectivity index is 1.10. The molecule has 234 valence electrons. The highest BCUT2D eigenvalue weighted by molar-refractivity contribution is 6.09. The molecule has 0 aliphatic heterocycles. The van der Waals surface area contributed by atoms with Crippen LogP contribution in [0.5, 0.6) is 0 Å². The molecule has 0 radical (unpaired) electrons. The summed E-state index contributed by atoms with van der Waals surface area (Å²) in [7, 11) is 0. The van der Waals surface area contributed by atoms with Gasteiger partial charge in [0.1, 0.15) is 22.3 Å². The minimum Gasteiger partial charge on any atom is -0.456 e. The van der Waals surface area contributed by atoms with E-state index in [9.17, 15) is 0 Å². The predicted octanol–water partition coefficient (Wildman–Crippen LogP) is 12.0. The molecule has 5 nitrogen and oxygen atoms in total. The molecule has 10 aromatic rings. The predicted molar refractivity (Wildman–Crippen MR) is 202 cm³/mol. The first-order valence-electron chi connectivity index (χ1n) is 16.6. The maximum atomic E-state index is 6.33. The lowest BCUT2D eigenvalue weighted by molar-refractivity contribution is 0.669. The van der Waals surface area contributed by atoms with Crippen LogP contribution in [0, 0.1) is 0 Å². The van der Waals surface area contributed by atoms with Crippen molar-refractivity contribution in [2.45, 2.75) is 0 Å². The average molecular weight is 642 g/mol. The third-order valence-corrected chi connectivity index (χ3v) is 9.36. The summed E-state index contributed by atoms with van der Waals surface area (Å²) in [6.07, 6.45) is 0. The number of furan rings is 2. The maximum Gasteiger partial charge on any atom is 0.164 e. The van der Waals surface area contributed by atoms with Crippen molar-refractivity contribution in [1.82, 2.24) is 15.0 Å². The molecular weight excluding hydrogens is 615 g/mol. The lowest BCUT2D eigenvalue weighted by Crippen LogP contribution is -2.00. The van der Waals surface area contributed by atoms with Gasteiger partial charge < -0.3 is 8.83 Å². The highest BCUT2D eigenvalue weighted by atomic mass is 16.3. The van der Waals surface area contributed by atoms with Gasteiger partial charge in [-0.1, -0.05) is 133 Å². The molecule has 5 heteroatoms. The van der Waals surface area contributed by atoms with Gasteiger partial charge in [0.05, 0.1) is 0 Å². The SMILES string of the molecule is c1ccc(-c2cccc(-c3nc(-c4ccc(-c5cccc6c5oc5ccccc56)cc4)nc(-c4ccc5c(c4)oc4ccccc45)n3)c2)cc1. The highest BCUT2D eigenvalue weighted by Gasteiger charge is 2.16. The highest BCUT2D eigenvalue weighted by Crippen LogP contribution is 2.37. The molecular formula is C45H27N3O2. The minimum absolute atomic E-state index is 0.577. The molecule has 3 heterocycles. The minimum atomic E-state index is 0.577. The van der Waals surface area contributed by atoms with E-state index in [1.807, 2.05) is 60.7 Å². The summed E-state index contributed by atoms with van der Waals surface area (Å²) in [4.78, 5) is 15.1. The summed E-state index contributed by atoms with van der Waals surface area (Å²) in [5.41, 5.74) is 10.4. The Labute approximate surface area is 287 Å². The Morgan fingerprint density at radius 2 is 0.820 bits per heavy atom. The fraction of sp³-hybridized carbons (Fsp3) is 0. The Morgan fingerprint density at radius 1 is 0.300 bits per heavy atom. The molecule has 0 fully saturated rings. The summed E-state index contributed by atoms with van der Waals surface area (Å²) >= 11 is 0. The number of hydrogen-bond acceptors (Lipinski definition) is 5. The van der Waals surface area contributed by atoms with Crippen molar-refractivity contribution in [3.63, 3.8) is 0 Å². The van der Waals surface area contributed by atoms with Crippen LogP contribution in [0.25, 0.3) is 100 Å². The third-order valence-electron chi connectivity index (χ3n) is 9.36. The molecule has 7 aromatic carbocycles. The van der Waals surface area contributed by atoms with Gasteiger partial charge in [0.2, 0.25) is 0 Å². The van der Waals surface area contributed by atoms with E-state index in [-0.39, 0.29) is 0 Å². The summed E-state index contributed by atoms with van der Waals surface area (Å²) in [6.45, 7) is 0. The van der Waals surface area contributed by atoms with Crippen molar-refractivity contribution in [3.8, 4) is 56.4 Å². The fourth-order valence-corrected chi connectivity index (χ4v) is 6.87. The second-order valence-corrected chi connectivity index (χ2v) is 12.4. The molecule has 0 unspecified atom stereocenters. The zero-order valence-electron chi connectivity index (χ0n) is 26.7. The molecule has 0 amide bonds. The first-order valence-corrected chi connectivity index (χ1v) is 16.6. The van der Waals surface area contributed by atoms with Crippen molar-refractivity contribution in [2.75, 3.05) is 0 Å². The van der Waals surface area contributed by atoms with E-state index in [1.54, 1.807) is 0 Å². The molecule has 0 aliphatic rings. The molecule has 0 saturated carbocycles. The molecule has 0 aliphatic carbocycles. The number of fused-ring (bicyclic) bond motifs is 6. The van der Waals surface area contributed by atoms with Gasteiger partial charge in [-0.25, -0.2) is 15.0 Å². The van der Waals surface area contributed by atoms with E-state index in [4.69, 9.17) is 23.8 Å². The van der Waals surface area contributed by atoms with E-state index in [0.29, 0.717) is 17.5 Å². The van der Waals surface area contributed by atoms with E-state index in [1.165, 1.54) is 0 Å². The van der Waals surface area contributed by atoms with Gasteiger partial charge in [-0.3, -0.25) is 0 Å². The molecule has 0 bridgehead atoms. The van der Waals surface area contributed by atoms with Gasteiger partial charge in [0.15, 0.2) is 17.5 Å². The second-order valence-electron chi connectivity index (χ2n) is 12.4. The standard InChI is InChI=1S/C45H27N3O2/c1-2-10-28(11-3-1)31-12-8-13-32(26-31)44-46-43(47-45(48-44)33-24-25-37-35-14-4-6-18-39(35)49-41(37)27-33)30-22-20-29(21-23-30)34-16-9-17-38-36-15-5-7-19-40(36)50-42(34)38/h1-27H. The van der Waals surface area contributed by atoms with E-state index in [2.05, 4.69) is 103 Å². The monoisotopic (exact) mass is 641 g/mol. The van der Waals surface area contributed by atoms with Crippen LogP contribution >= 0.6 is 0 Å². The quantitative estimate of drug-likeness (QED) is 0.187. The molecule has 50 heavy (non-hydrogen) atoms. The topological polar surface area (TPSA) is 65.0 Å². The lowest BCUT2D eigenvalue weighted by atomic mass is 10.0. The van der Waals surface area contributed by atoms with Crippen LogP contribution in [0.2, 0.25) is 0 Å². The van der Waals surface area contributed by atoms with Gasteiger partial charge in [-0.05, 0) is 47.0 Å². The fourth-order valence-electron chi connectivity index (χ4n) is 6.87. The molecule has 0 atom stereocenters. The van der Waals surface area contributed by atoms with Gasteiger partial charge in [0.25, 0.3) is 0 Å². The third kappa shape index (κ3) is 4.75. The van der Waals surface area contributed by atoms with Crippen molar-refractivity contribution >= 4 is 43.9 Å². The van der Waals surface area contributed by atoms with Gasteiger partial charge in [-0.2, -0.15) is 0 Å².